The Morgan fingerprint density at radius 2 is 2.19 bits per heavy atom. The van der Waals surface area contributed by atoms with Gasteiger partial charge in [0.1, 0.15) is 11.8 Å². The zero-order chi connectivity index (χ0) is 19.0. The molecule has 1 fully saturated rings. The molecule has 1 aliphatic rings. The number of nitrogens with one attached hydrogen (secondary N) is 1. The zero-order valence-corrected chi connectivity index (χ0v) is 15.2. The van der Waals surface area contributed by atoms with E-state index < -0.39 is 6.04 Å². The highest BCUT2D eigenvalue weighted by atomic mass is 16.3. The van der Waals surface area contributed by atoms with E-state index in [1.54, 1.807) is 22.9 Å². The van der Waals surface area contributed by atoms with Crippen molar-refractivity contribution in [3.8, 4) is 0 Å². The normalized spacial score (nSPS) is 16.8. The number of aromatic nitrogens is 4. The fraction of sp³-hybridized carbons (Fsp3) is 0.389. The highest BCUT2D eigenvalue weighted by molar-refractivity contribution is 5.95. The Morgan fingerprint density at radius 1 is 1.33 bits per heavy atom. The molecule has 0 radical (unpaired) electrons. The molecule has 0 aliphatic carbocycles. The number of furan rings is 1. The Balaban J connectivity index is 1.52. The monoisotopic (exact) mass is 368 g/mol. The largest absolute Gasteiger partial charge is 0.467 e. The average molecular weight is 368 g/mol. The van der Waals surface area contributed by atoms with Crippen molar-refractivity contribution >= 4 is 17.6 Å². The molecule has 0 spiro atoms. The quantitative estimate of drug-likeness (QED) is 0.743. The van der Waals surface area contributed by atoms with E-state index in [0.717, 1.165) is 17.8 Å². The number of carbonyl (C=O) groups is 2. The summed E-state index contributed by atoms with van der Waals surface area (Å²) in [5.74, 6) is 0.549. The summed E-state index contributed by atoms with van der Waals surface area (Å²) in [6.45, 7) is 4.53. The SMILES string of the molecule is Cc1cc(C)n2nc(C(=O)N3CCCC3C(=O)NCc3ccco3)nc2n1. The highest BCUT2D eigenvalue weighted by Crippen LogP contribution is 2.20. The molecule has 9 heteroatoms. The van der Waals surface area contributed by atoms with Gasteiger partial charge in [-0.25, -0.2) is 9.50 Å². The van der Waals surface area contributed by atoms with Crippen LogP contribution < -0.4 is 5.32 Å². The summed E-state index contributed by atoms with van der Waals surface area (Å²) in [6.07, 6.45) is 2.92. The van der Waals surface area contributed by atoms with Crippen LogP contribution in [0.1, 0.15) is 40.6 Å². The molecule has 1 aliphatic heterocycles. The van der Waals surface area contributed by atoms with E-state index >= 15 is 0 Å². The van der Waals surface area contributed by atoms with Crippen LogP contribution in [0.15, 0.2) is 28.9 Å². The fourth-order valence-electron chi connectivity index (χ4n) is 3.37. The second-order valence-corrected chi connectivity index (χ2v) is 6.64. The first-order valence-electron chi connectivity index (χ1n) is 8.85. The number of rotatable bonds is 4. The first-order chi connectivity index (χ1) is 13.0. The van der Waals surface area contributed by atoms with Crippen molar-refractivity contribution in [2.45, 2.75) is 39.3 Å². The van der Waals surface area contributed by atoms with Crippen LogP contribution in [0.3, 0.4) is 0 Å². The van der Waals surface area contributed by atoms with Crippen molar-refractivity contribution in [3.63, 3.8) is 0 Å². The number of aryl methyl sites for hydroxylation is 2. The van der Waals surface area contributed by atoms with Crippen molar-refractivity contribution in [2.75, 3.05) is 6.54 Å². The molecule has 1 unspecified atom stereocenters. The van der Waals surface area contributed by atoms with Crippen molar-refractivity contribution in [2.24, 2.45) is 0 Å². The molecule has 27 heavy (non-hydrogen) atoms. The van der Waals surface area contributed by atoms with Crippen LogP contribution in [0.4, 0.5) is 0 Å². The third-order valence-electron chi connectivity index (χ3n) is 4.64. The van der Waals surface area contributed by atoms with E-state index in [0.29, 0.717) is 31.0 Å². The van der Waals surface area contributed by atoms with Crippen LogP contribution in [0.25, 0.3) is 5.78 Å². The number of fused-ring (bicyclic) bond motifs is 1. The summed E-state index contributed by atoms with van der Waals surface area (Å²) in [6, 6.07) is 4.89. The molecule has 140 valence electrons. The van der Waals surface area contributed by atoms with Gasteiger partial charge in [0.25, 0.3) is 11.7 Å². The molecule has 3 aromatic heterocycles. The Bertz CT molecular complexity index is 994. The Kier molecular flexibility index (Phi) is 4.35. The van der Waals surface area contributed by atoms with Gasteiger partial charge in [0.2, 0.25) is 11.7 Å². The maximum Gasteiger partial charge on any atom is 0.294 e. The first kappa shape index (κ1) is 17.2. The van der Waals surface area contributed by atoms with Crippen LogP contribution in [-0.4, -0.2) is 48.9 Å². The van der Waals surface area contributed by atoms with Crippen LogP contribution in [0, 0.1) is 13.8 Å². The summed E-state index contributed by atoms with van der Waals surface area (Å²) >= 11 is 0. The van der Waals surface area contributed by atoms with E-state index in [1.807, 2.05) is 19.9 Å². The Hall–Kier alpha value is -3.23. The van der Waals surface area contributed by atoms with Crippen molar-refractivity contribution in [3.05, 3.63) is 47.4 Å². The lowest BCUT2D eigenvalue weighted by molar-refractivity contribution is -0.125. The van der Waals surface area contributed by atoms with E-state index in [2.05, 4.69) is 20.4 Å². The number of amides is 2. The van der Waals surface area contributed by atoms with Crippen LogP contribution in [0.5, 0.6) is 0 Å². The Morgan fingerprint density at radius 3 is 2.96 bits per heavy atom. The minimum absolute atomic E-state index is 0.0573. The number of nitrogens with zero attached hydrogens (tertiary/aromatic N) is 5. The van der Waals surface area contributed by atoms with Gasteiger partial charge in [-0.15, -0.1) is 5.10 Å². The lowest BCUT2D eigenvalue weighted by Gasteiger charge is -2.22. The van der Waals surface area contributed by atoms with Crippen molar-refractivity contribution < 1.29 is 14.0 Å². The molecule has 0 bridgehead atoms. The van der Waals surface area contributed by atoms with Gasteiger partial charge in [0.05, 0.1) is 12.8 Å². The van der Waals surface area contributed by atoms with E-state index in [4.69, 9.17) is 4.42 Å². The van der Waals surface area contributed by atoms with Crippen LogP contribution in [-0.2, 0) is 11.3 Å². The minimum Gasteiger partial charge on any atom is -0.467 e. The molecule has 4 heterocycles. The fourth-order valence-corrected chi connectivity index (χ4v) is 3.37. The molecular weight excluding hydrogens is 348 g/mol. The molecule has 4 rings (SSSR count). The second kappa shape index (κ2) is 6.82. The predicted molar refractivity (Wildman–Crippen MR) is 94.9 cm³/mol. The standard InChI is InChI=1S/C18H20N6O3/c1-11-9-12(2)24-18(20-11)21-15(22-24)17(26)23-7-3-6-14(23)16(25)19-10-13-5-4-8-27-13/h4-5,8-9,14H,3,6-7,10H2,1-2H3,(H,19,25). The number of carbonyl (C=O) groups excluding carboxylic acids is 2. The van der Waals surface area contributed by atoms with Crippen LogP contribution in [0.2, 0.25) is 0 Å². The number of hydrogen-bond donors (Lipinski definition) is 1. The molecule has 1 saturated heterocycles. The molecular formula is C18H20N6O3. The van der Waals surface area contributed by atoms with Gasteiger partial charge in [0.15, 0.2) is 0 Å². The topological polar surface area (TPSA) is 106 Å². The van der Waals surface area contributed by atoms with Crippen molar-refractivity contribution in [1.29, 1.82) is 0 Å². The van der Waals surface area contributed by atoms with Gasteiger partial charge in [-0.1, -0.05) is 0 Å². The summed E-state index contributed by atoms with van der Waals surface area (Å²) in [4.78, 5) is 35.6. The molecule has 0 saturated carbocycles. The lowest BCUT2D eigenvalue weighted by atomic mass is 10.2. The summed E-state index contributed by atoms with van der Waals surface area (Å²) in [7, 11) is 0. The molecule has 1 atom stereocenters. The first-order valence-corrected chi connectivity index (χ1v) is 8.85. The van der Waals surface area contributed by atoms with E-state index in [9.17, 15) is 9.59 Å². The van der Waals surface area contributed by atoms with Gasteiger partial charge < -0.3 is 14.6 Å². The third kappa shape index (κ3) is 3.27. The number of likely N-dealkylation sites (tertiary alicyclic amines) is 1. The zero-order valence-electron chi connectivity index (χ0n) is 15.2. The maximum atomic E-state index is 12.9. The Labute approximate surface area is 155 Å². The molecule has 2 amide bonds. The summed E-state index contributed by atoms with van der Waals surface area (Å²) in [5.41, 5.74) is 1.65. The van der Waals surface area contributed by atoms with Crippen LogP contribution >= 0.6 is 0 Å². The average Bonchev–Trinajstić information content (AvgIpc) is 3.38. The van der Waals surface area contributed by atoms with Gasteiger partial charge >= 0.3 is 0 Å². The predicted octanol–water partition coefficient (Wildman–Crippen LogP) is 1.26. The van der Waals surface area contributed by atoms with Gasteiger partial charge in [0, 0.05) is 17.9 Å². The van der Waals surface area contributed by atoms with Gasteiger partial charge in [-0.3, -0.25) is 9.59 Å². The van der Waals surface area contributed by atoms with Crippen molar-refractivity contribution in [1.82, 2.24) is 29.8 Å². The van der Waals surface area contributed by atoms with Gasteiger partial charge in [-0.05, 0) is 44.9 Å². The molecule has 3 aromatic rings. The maximum absolute atomic E-state index is 12.9. The smallest absolute Gasteiger partial charge is 0.294 e. The molecule has 1 N–H and O–H groups in total. The van der Waals surface area contributed by atoms with Gasteiger partial charge in [-0.2, -0.15) is 4.98 Å². The molecule has 0 aromatic carbocycles. The van der Waals surface area contributed by atoms with E-state index in [-0.39, 0.29) is 17.6 Å². The lowest BCUT2D eigenvalue weighted by Crippen LogP contribution is -2.46. The minimum atomic E-state index is -0.533. The molecule has 9 nitrogen and oxygen atoms in total. The summed E-state index contributed by atoms with van der Waals surface area (Å²) in [5, 5.41) is 7.10. The second-order valence-electron chi connectivity index (χ2n) is 6.64. The van der Waals surface area contributed by atoms with E-state index in [1.165, 1.54) is 4.90 Å². The number of hydrogen-bond acceptors (Lipinski definition) is 6. The third-order valence-corrected chi connectivity index (χ3v) is 4.64. The summed E-state index contributed by atoms with van der Waals surface area (Å²) < 4.78 is 6.76. The highest BCUT2D eigenvalue weighted by Gasteiger charge is 2.36.